The Balaban J connectivity index is 1.57. The van der Waals surface area contributed by atoms with E-state index in [2.05, 4.69) is 6.58 Å². The Hall–Kier alpha value is -2.97. The third-order valence-corrected chi connectivity index (χ3v) is 6.60. The van der Waals surface area contributed by atoms with Crippen molar-refractivity contribution in [2.75, 3.05) is 36.0 Å². The van der Waals surface area contributed by atoms with Gasteiger partial charge < -0.3 is 9.80 Å². The molecule has 1 saturated carbocycles. The van der Waals surface area contributed by atoms with Crippen molar-refractivity contribution in [1.82, 2.24) is 9.13 Å². The molecule has 0 N–H and O–H groups in total. The molecule has 1 saturated heterocycles. The van der Waals surface area contributed by atoms with E-state index in [9.17, 15) is 22.8 Å². The zero-order chi connectivity index (χ0) is 23.6. The van der Waals surface area contributed by atoms with Crippen molar-refractivity contribution in [2.45, 2.75) is 50.9 Å². The van der Waals surface area contributed by atoms with Crippen LogP contribution in [0.2, 0.25) is 0 Å². The second kappa shape index (κ2) is 9.49. The van der Waals surface area contributed by atoms with Gasteiger partial charge in [0.15, 0.2) is 0 Å². The van der Waals surface area contributed by atoms with E-state index in [1.807, 2.05) is 9.80 Å². The van der Waals surface area contributed by atoms with Crippen molar-refractivity contribution in [3.05, 3.63) is 69.4 Å². The molecular formula is C24H29F3N4O2. The van der Waals surface area contributed by atoms with Gasteiger partial charge in [0.05, 0.1) is 5.56 Å². The predicted octanol–water partition coefficient (Wildman–Crippen LogP) is 4.05. The molecule has 4 rings (SSSR count). The summed E-state index contributed by atoms with van der Waals surface area (Å²) in [5.74, 6) is 0.542. The minimum absolute atomic E-state index is 0.0679. The van der Waals surface area contributed by atoms with Crippen LogP contribution in [0, 0.1) is 0 Å². The van der Waals surface area contributed by atoms with Gasteiger partial charge in [0.1, 0.15) is 5.82 Å². The van der Waals surface area contributed by atoms with Gasteiger partial charge in [-0.1, -0.05) is 31.4 Å². The van der Waals surface area contributed by atoms with Gasteiger partial charge >= 0.3 is 11.9 Å². The van der Waals surface area contributed by atoms with Crippen molar-refractivity contribution in [2.24, 2.45) is 0 Å². The maximum absolute atomic E-state index is 13.3. The summed E-state index contributed by atoms with van der Waals surface area (Å²) >= 11 is 0. The van der Waals surface area contributed by atoms with Gasteiger partial charge in [-0.3, -0.25) is 13.9 Å². The quantitative estimate of drug-likeness (QED) is 0.630. The fourth-order valence-electron chi connectivity index (χ4n) is 4.89. The number of piperazine rings is 1. The summed E-state index contributed by atoms with van der Waals surface area (Å²) in [7, 11) is 0. The number of anilines is 2. The SMILES string of the molecule is C=CCn1c(N2CCN(c3cccc(C(F)(F)F)c3)CC2)cc(=O)n(C2CCCCC2)c1=O. The molecule has 0 spiro atoms. The smallest absolute Gasteiger partial charge is 0.368 e. The molecule has 1 aromatic carbocycles. The fourth-order valence-corrected chi connectivity index (χ4v) is 4.89. The number of allylic oxidation sites excluding steroid dienone is 1. The van der Waals surface area contributed by atoms with Gasteiger partial charge in [0, 0.05) is 50.5 Å². The number of halogens is 3. The summed E-state index contributed by atoms with van der Waals surface area (Å²) < 4.78 is 42.2. The van der Waals surface area contributed by atoms with Crippen LogP contribution in [0.1, 0.15) is 43.7 Å². The van der Waals surface area contributed by atoms with Crippen molar-refractivity contribution in [3.8, 4) is 0 Å². The van der Waals surface area contributed by atoms with Crippen LogP contribution >= 0.6 is 0 Å². The number of hydrogen-bond acceptors (Lipinski definition) is 4. The highest BCUT2D eigenvalue weighted by atomic mass is 19.4. The molecule has 2 aromatic rings. The van der Waals surface area contributed by atoms with Crippen LogP contribution in [-0.2, 0) is 12.7 Å². The van der Waals surface area contributed by atoms with Gasteiger partial charge in [-0.05, 0) is 31.0 Å². The number of aromatic nitrogens is 2. The Labute approximate surface area is 190 Å². The average Bonchev–Trinajstić information content (AvgIpc) is 2.81. The summed E-state index contributed by atoms with van der Waals surface area (Å²) in [6.07, 6.45) is 2.06. The van der Waals surface area contributed by atoms with E-state index in [1.165, 1.54) is 16.7 Å². The van der Waals surface area contributed by atoms with E-state index in [4.69, 9.17) is 0 Å². The van der Waals surface area contributed by atoms with Gasteiger partial charge in [-0.15, -0.1) is 6.58 Å². The molecule has 1 aromatic heterocycles. The summed E-state index contributed by atoms with van der Waals surface area (Å²) in [5, 5.41) is 0. The van der Waals surface area contributed by atoms with Crippen molar-refractivity contribution < 1.29 is 13.2 Å². The fraction of sp³-hybridized carbons (Fsp3) is 0.500. The van der Waals surface area contributed by atoms with Crippen LogP contribution in [0.15, 0.2) is 52.6 Å². The monoisotopic (exact) mass is 462 g/mol. The highest BCUT2D eigenvalue weighted by molar-refractivity contribution is 5.51. The molecule has 9 heteroatoms. The van der Waals surface area contributed by atoms with Crippen LogP contribution in [0.3, 0.4) is 0 Å². The summed E-state index contributed by atoms with van der Waals surface area (Å²) in [5.41, 5.74) is -0.763. The van der Waals surface area contributed by atoms with Crippen LogP contribution in [0.5, 0.6) is 0 Å². The van der Waals surface area contributed by atoms with E-state index < -0.39 is 11.7 Å². The zero-order valence-corrected chi connectivity index (χ0v) is 18.6. The van der Waals surface area contributed by atoms with Crippen LogP contribution in [0.4, 0.5) is 24.7 Å². The molecular weight excluding hydrogens is 433 g/mol. The summed E-state index contributed by atoms with van der Waals surface area (Å²) in [6, 6.07) is 6.77. The normalized spacial score (nSPS) is 17.9. The Morgan fingerprint density at radius 1 is 0.970 bits per heavy atom. The Bertz CT molecular complexity index is 1110. The molecule has 0 bridgehead atoms. The van der Waals surface area contributed by atoms with E-state index >= 15 is 0 Å². The molecule has 0 unspecified atom stereocenters. The average molecular weight is 463 g/mol. The lowest BCUT2D eigenvalue weighted by atomic mass is 9.95. The molecule has 0 radical (unpaired) electrons. The van der Waals surface area contributed by atoms with Crippen LogP contribution < -0.4 is 21.0 Å². The number of benzene rings is 1. The first-order valence-corrected chi connectivity index (χ1v) is 11.4. The number of rotatable bonds is 5. The summed E-state index contributed by atoms with van der Waals surface area (Å²) in [4.78, 5) is 30.1. The molecule has 1 aliphatic carbocycles. The first-order valence-electron chi connectivity index (χ1n) is 11.4. The molecule has 1 aliphatic heterocycles. The molecule has 2 aliphatic rings. The highest BCUT2D eigenvalue weighted by Gasteiger charge is 2.31. The van der Waals surface area contributed by atoms with Crippen molar-refractivity contribution in [3.63, 3.8) is 0 Å². The molecule has 2 heterocycles. The second-order valence-corrected chi connectivity index (χ2v) is 8.71. The molecule has 178 valence electrons. The lowest BCUT2D eigenvalue weighted by Crippen LogP contribution is -2.50. The van der Waals surface area contributed by atoms with Crippen LogP contribution in [0.25, 0.3) is 0 Å². The maximum atomic E-state index is 13.3. The number of hydrogen-bond donors (Lipinski definition) is 0. The number of nitrogens with zero attached hydrogens (tertiary/aromatic N) is 4. The molecule has 2 fully saturated rings. The van der Waals surface area contributed by atoms with E-state index in [1.54, 1.807) is 16.7 Å². The molecule has 33 heavy (non-hydrogen) atoms. The standard InChI is InChI=1S/C24H29F3N4O2/c1-2-11-30-21(17-22(32)31(23(30)33)19-8-4-3-5-9-19)29-14-12-28(13-15-29)20-10-6-7-18(16-20)24(25,26)27/h2,6-7,10,16-17,19H,1,3-5,8-9,11-15H2. The maximum Gasteiger partial charge on any atom is 0.416 e. The predicted molar refractivity (Wildman–Crippen MR) is 123 cm³/mol. The molecule has 0 atom stereocenters. The van der Waals surface area contributed by atoms with Gasteiger partial charge in [0.2, 0.25) is 0 Å². The minimum Gasteiger partial charge on any atom is -0.368 e. The Kier molecular flexibility index (Phi) is 6.67. The second-order valence-electron chi connectivity index (χ2n) is 8.71. The van der Waals surface area contributed by atoms with Crippen molar-refractivity contribution in [1.29, 1.82) is 0 Å². The van der Waals surface area contributed by atoms with Crippen LogP contribution in [-0.4, -0.2) is 35.3 Å². The van der Waals surface area contributed by atoms with Gasteiger partial charge in [-0.25, -0.2) is 4.79 Å². The first kappa shape index (κ1) is 23.2. The minimum atomic E-state index is -4.39. The zero-order valence-electron chi connectivity index (χ0n) is 18.6. The Morgan fingerprint density at radius 2 is 1.64 bits per heavy atom. The Morgan fingerprint density at radius 3 is 2.27 bits per heavy atom. The highest BCUT2D eigenvalue weighted by Crippen LogP contribution is 2.32. The van der Waals surface area contributed by atoms with Crippen molar-refractivity contribution >= 4 is 11.5 Å². The lowest BCUT2D eigenvalue weighted by Gasteiger charge is -2.38. The first-order chi connectivity index (χ1) is 15.8. The topological polar surface area (TPSA) is 50.5 Å². The van der Waals surface area contributed by atoms with E-state index in [0.29, 0.717) is 37.7 Å². The third kappa shape index (κ3) is 4.86. The van der Waals surface area contributed by atoms with Gasteiger partial charge in [-0.2, -0.15) is 13.2 Å². The molecule has 0 amide bonds. The molecule has 6 nitrogen and oxygen atoms in total. The van der Waals surface area contributed by atoms with E-state index in [-0.39, 0.29) is 23.8 Å². The number of alkyl halides is 3. The van der Waals surface area contributed by atoms with E-state index in [0.717, 1.165) is 44.2 Å². The third-order valence-electron chi connectivity index (χ3n) is 6.60. The lowest BCUT2D eigenvalue weighted by molar-refractivity contribution is -0.137. The summed E-state index contributed by atoms with van der Waals surface area (Å²) in [6.45, 7) is 5.98. The van der Waals surface area contributed by atoms with Gasteiger partial charge in [0.25, 0.3) is 5.56 Å². The largest absolute Gasteiger partial charge is 0.416 e.